The summed E-state index contributed by atoms with van der Waals surface area (Å²) in [5.74, 6) is -0.455. The molecule has 2 heterocycles. The number of benzene rings is 2. The van der Waals surface area contributed by atoms with Crippen molar-refractivity contribution < 1.29 is 9.21 Å². The maximum atomic E-state index is 12.4. The molecule has 0 saturated carbocycles. The number of hydrogen-bond donors (Lipinski definition) is 2. The SMILES string of the molecule is O=C(Nc1ccccc1)N1CCN(c2cccc3[nH]c(=O)oc23)CC1. The van der Waals surface area contributed by atoms with Gasteiger partial charge in [-0.1, -0.05) is 24.3 Å². The Kier molecular flexibility index (Phi) is 3.89. The van der Waals surface area contributed by atoms with Crippen LogP contribution in [0.25, 0.3) is 11.1 Å². The van der Waals surface area contributed by atoms with Gasteiger partial charge in [-0.2, -0.15) is 0 Å². The minimum atomic E-state index is -0.455. The number of urea groups is 1. The molecule has 128 valence electrons. The fraction of sp³-hybridized carbons (Fsp3) is 0.222. The van der Waals surface area contributed by atoms with Gasteiger partial charge in [0.25, 0.3) is 0 Å². The molecule has 2 aromatic carbocycles. The molecule has 1 aromatic heterocycles. The summed E-state index contributed by atoms with van der Waals surface area (Å²) >= 11 is 0. The maximum Gasteiger partial charge on any atom is 0.417 e. The summed E-state index contributed by atoms with van der Waals surface area (Å²) in [5, 5.41) is 2.90. The number of amides is 2. The van der Waals surface area contributed by atoms with Crippen LogP contribution < -0.4 is 16.0 Å². The molecular formula is C18H18N4O3. The van der Waals surface area contributed by atoms with Crippen molar-refractivity contribution in [2.75, 3.05) is 36.4 Å². The van der Waals surface area contributed by atoms with Crippen LogP contribution in [0.3, 0.4) is 0 Å². The first-order valence-corrected chi connectivity index (χ1v) is 8.18. The van der Waals surface area contributed by atoms with E-state index < -0.39 is 5.76 Å². The fourth-order valence-electron chi connectivity index (χ4n) is 3.08. The third kappa shape index (κ3) is 3.08. The number of rotatable bonds is 2. The number of carbonyl (C=O) groups excluding carboxylic acids is 1. The first-order valence-electron chi connectivity index (χ1n) is 8.18. The van der Waals surface area contributed by atoms with Gasteiger partial charge in [-0.3, -0.25) is 4.98 Å². The van der Waals surface area contributed by atoms with E-state index in [9.17, 15) is 9.59 Å². The highest BCUT2D eigenvalue weighted by Crippen LogP contribution is 2.25. The molecule has 0 unspecified atom stereocenters. The predicted octanol–water partition coefficient (Wildman–Crippen LogP) is 2.48. The topological polar surface area (TPSA) is 81.6 Å². The summed E-state index contributed by atoms with van der Waals surface area (Å²) < 4.78 is 5.26. The Balaban J connectivity index is 1.44. The Bertz CT molecular complexity index is 940. The van der Waals surface area contributed by atoms with Crippen molar-refractivity contribution in [3.63, 3.8) is 0 Å². The molecule has 0 atom stereocenters. The Hall–Kier alpha value is -3.22. The molecule has 1 saturated heterocycles. The van der Waals surface area contributed by atoms with E-state index in [1.54, 1.807) is 4.90 Å². The quantitative estimate of drug-likeness (QED) is 0.752. The number of anilines is 2. The predicted molar refractivity (Wildman–Crippen MR) is 96.1 cm³/mol. The van der Waals surface area contributed by atoms with Crippen LogP contribution in [0.5, 0.6) is 0 Å². The van der Waals surface area contributed by atoms with Gasteiger partial charge in [-0.15, -0.1) is 0 Å². The summed E-state index contributed by atoms with van der Waals surface area (Å²) in [4.78, 5) is 30.4. The van der Waals surface area contributed by atoms with E-state index in [1.165, 1.54) is 0 Å². The molecule has 0 aliphatic carbocycles. The molecule has 1 aliphatic rings. The minimum absolute atomic E-state index is 0.0998. The first kappa shape index (κ1) is 15.3. The lowest BCUT2D eigenvalue weighted by Gasteiger charge is -2.35. The normalized spacial score (nSPS) is 14.7. The summed E-state index contributed by atoms with van der Waals surface area (Å²) in [6.45, 7) is 2.56. The van der Waals surface area contributed by atoms with Crippen molar-refractivity contribution in [1.82, 2.24) is 9.88 Å². The number of H-pyrrole nitrogens is 1. The Labute approximate surface area is 143 Å². The highest BCUT2D eigenvalue weighted by atomic mass is 16.4. The van der Waals surface area contributed by atoms with E-state index in [1.807, 2.05) is 48.5 Å². The van der Waals surface area contributed by atoms with Crippen LogP contribution in [-0.4, -0.2) is 42.1 Å². The summed E-state index contributed by atoms with van der Waals surface area (Å²) in [7, 11) is 0. The van der Waals surface area contributed by atoms with Gasteiger partial charge in [0.2, 0.25) is 0 Å². The largest absolute Gasteiger partial charge is 0.417 e. The molecule has 1 fully saturated rings. The molecule has 25 heavy (non-hydrogen) atoms. The second-order valence-corrected chi connectivity index (χ2v) is 5.94. The molecule has 1 aliphatic heterocycles. The number of nitrogens with zero attached hydrogens (tertiary/aromatic N) is 2. The van der Waals surface area contributed by atoms with Crippen molar-refractivity contribution in [3.05, 3.63) is 59.1 Å². The average molecular weight is 338 g/mol. The molecular weight excluding hydrogens is 320 g/mol. The van der Waals surface area contributed by atoms with Gasteiger partial charge in [0, 0.05) is 31.9 Å². The number of nitrogens with one attached hydrogen (secondary N) is 2. The van der Waals surface area contributed by atoms with Crippen LogP contribution in [0.1, 0.15) is 0 Å². The third-order valence-electron chi connectivity index (χ3n) is 4.36. The van der Waals surface area contributed by atoms with Crippen LogP contribution in [0.2, 0.25) is 0 Å². The van der Waals surface area contributed by atoms with Gasteiger partial charge in [0.15, 0.2) is 5.58 Å². The van der Waals surface area contributed by atoms with Crippen molar-refractivity contribution in [2.24, 2.45) is 0 Å². The molecule has 2 N–H and O–H groups in total. The van der Waals surface area contributed by atoms with Gasteiger partial charge >= 0.3 is 11.8 Å². The van der Waals surface area contributed by atoms with E-state index in [2.05, 4.69) is 15.2 Å². The minimum Gasteiger partial charge on any atom is -0.406 e. The summed E-state index contributed by atoms with van der Waals surface area (Å²) in [6, 6.07) is 14.9. The Morgan fingerprint density at radius 1 is 1.00 bits per heavy atom. The molecule has 0 spiro atoms. The Morgan fingerprint density at radius 3 is 2.52 bits per heavy atom. The van der Waals surface area contributed by atoms with Gasteiger partial charge in [0.05, 0.1) is 11.2 Å². The second-order valence-electron chi connectivity index (χ2n) is 5.94. The van der Waals surface area contributed by atoms with E-state index >= 15 is 0 Å². The molecule has 4 rings (SSSR count). The Morgan fingerprint density at radius 2 is 1.76 bits per heavy atom. The van der Waals surface area contributed by atoms with Crippen molar-refractivity contribution in [1.29, 1.82) is 0 Å². The molecule has 7 heteroatoms. The van der Waals surface area contributed by atoms with E-state index in [-0.39, 0.29) is 6.03 Å². The zero-order valence-corrected chi connectivity index (χ0v) is 13.6. The van der Waals surface area contributed by atoms with Crippen molar-refractivity contribution in [3.8, 4) is 0 Å². The van der Waals surface area contributed by atoms with Gasteiger partial charge in [0.1, 0.15) is 0 Å². The van der Waals surface area contributed by atoms with E-state index in [4.69, 9.17) is 4.42 Å². The van der Waals surface area contributed by atoms with Crippen LogP contribution in [-0.2, 0) is 0 Å². The number of hydrogen-bond acceptors (Lipinski definition) is 4. The number of fused-ring (bicyclic) bond motifs is 1. The zero-order chi connectivity index (χ0) is 17.2. The van der Waals surface area contributed by atoms with Crippen molar-refractivity contribution in [2.45, 2.75) is 0 Å². The van der Waals surface area contributed by atoms with Gasteiger partial charge in [-0.25, -0.2) is 9.59 Å². The van der Waals surface area contributed by atoms with Crippen LogP contribution in [0.4, 0.5) is 16.2 Å². The fourth-order valence-corrected chi connectivity index (χ4v) is 3.08. The highest BCUT2D eigenvalue weighted by Gasteiger charge is 2.23. The van der Waals surface area contributed by atoms with Gasteiger partial charge in [-0.05, 0) is 24.3 Å². The third-order valence-corrected chi connectivity index (χ3v) is 4.36. The number of piperazine rings is 1. The average Bonchev–Trinajstić information content (AvgIpc) is 3.03. The second kappa shape index (κ2) is 6.35. The number of carbonyl (C=O) groups is 1. The zero-order valence-electron chi connectivity index (χ0n) is 13.6. The maximum absolute atomic E-state index is 12.4. The highest BCUT2D eigenvalue weighted by molar-refractivity contribution is 5.90. The van der Waals surface area contributed by atoms with E-state index in [0.29, 0.717) is 37.3 Å². The molecule has 3 aromatic rings. The smallest absolute Gasteiger partial charge is 0.406 e. The first-order chi connectivity index (χ1) is 12.2. The molecule has 0 bridgehead atoms. The summed E-state index contributed by atoms with van der Waals surface area (Å²) in [5.41, 5.74) is 2.91. The number of aromatic amines is 1. The lowest BCUT2D eigenvalue weighted by atomic mass is 10.2. The lowest BCUT2D eigenvalue weighted by molar-refractivity contribution is 0.208. The standard InChI is InChI=1S/C18H18N4O3/c23-17(19-13-5-2-1-3-6-13)22-11-9-21(10-12-22)15-8-4-7-14-16(15)25-18(24)20-14/h1-8H,9-12H2,(H,19,23)(H,20,24). The molecule has 2 amide bonds. The number of aromatic nitrogens is 1. The lowest BCUT2D eigenvalue weighted by Crippen LogP contribution is -2.50. The van der Waals surface area contributed by atoms with Gasteiger partial charge < -0.3 is 19.5 Å². The molecule has 0 radical (unpaired) electrons. The number of oxazole rings is 1. The number of para-hydroxylation sites is 2. The van der Waals surface area contributed by atoms with Crippen LogP contribution >= 0.6 is 0 Å². The van der Waals surface area contributed by atoms with Crippen LogP contribution in [0, 0.1) is 0 Å². The summed E-state index contributed by atoms with van der Waals surface area (Å²) in [6.07, 6.45) is 0. The van der Waals surface area contributed by atoms with Crippen LogP contribution in [0.15, 0.2) is 57.7 Å². The monoisotopic (exact) mass is 338 g/mol. The van der Waals surface area contributed by atoms with E-state index in [0.717, 1.165) is 11.4 Å². The molecule has 7 nitrogen and oxygen atoms in total. The van der Waals surface area contributed by atoms with Crippen molar-refractivity contribution >= 4 is 28.5 Å².